The van der Waals surface area contributed by atoms with Crippen molar-refractivity contribution in [3.05, 3.63) is 71.7 Å². The minimum atomic E-state index is -0.717. The van der Waals surface area contributed by atoms with Crippen LogP contribution in [0.1, 0.15) is 31.0 Å². The monoisotopic (exact) mass is 507 g/mol. The summed E-state index contributed by atoms with van der Waals surface area (Å²) in [5, 5.41) is 15.6. The number of aliphatic hydroxyl groups excluding tert-OH is 1. The summed E-state index contributed by atoms with van der Waals surface area (Å²) < 4.78 is 33.0. The summed E-state index contributed by atoms with van der Waals surface area (Å²) in [6.45, 7) is 4.62. The van der Waals surface area contributed by atoms with Crippen LogP contribution in [0.2, 0.25) is 0 Å². The maximum atomic E-state index is 13.6. The van der Waals surface area contributed by atoms with Crippen molar-refractivity contribution in [3.63, 3.8) is 0 Å². The first-order valence-electron chi connectivity index (χ1n) is 12.7. The van der Waals surface area contributed by atoms with Crippen molar-refractivity contribution in [1.29, 1.82) is 0 Å². The molecule has 0 saturated carbocycles. The largest absolute Gasteiger partial charge is 0.439 e. The van der Waals surface area contributed by atoms with Crippen molar-refractivity contribution in [2.24, 2.45) is 0 Å². The number of rotatable bonds is 13. The van der Waals surface area contributed by atoms with Gasteiger partial charge in [-0.3, -0.25) is 4.90 Å². The number of benzene rings is 2. The van der Waals surface area contributed by atoms with Crippen LogP contribution in [0.4, 0.5) is 4.39 Å². The van der Waals surface area contributed by atoms with Gasteiger partial charge in [0.05, 0.1) is 35.8 Å². The highest BCUT2D eigenvalue weighted by molar-refractivity contribution is 5.43. The van der Waals surface area contributed by atoms with E-state index in [9.17, 15) is 9.50 Å². The molecule has 0 radical (unpaired) electrons. The van der Waals surface area contributed by atoms with E-state index >= 15 is 0 Å². The minimum Gasteiger partial charge on any atom is -0.439 e. The number of halogens is 1. The zero-order valence-electron chi connectivity index (χ0n) is 21.2. The van der Waals surface area contributed by atoms with Crippen LogP contribution in [0.25, 0.3) is 5.69 Å². The molecule has 1 saturated heterocycles. The topological polar surface area (TPSA) is 69.0 Å². The van der Waals surface area contributed by atoms with E-state index in [2.05, 4.69) is 17.7 Å². The number of nitrogens with zero attached hydrogens (tertiary/aromatic N) is 3. The number of aliphatic hydroxyl groups is 1. The van der Waals surface area contributed by atoms with E-state index in [1.54, 1.807) is 16.8 Å². The van der Waals surface area contributed by atoms with Crippen molar-refractivity contribution in [2.75, 3.05) is 32.9 Å². The van der Waals surface area contributed by atoms with Gasteiger partial charge in [-0.1, -0.05) is 31.0 Å². The first-order valence-corrected chi connectivity index (χ1v) is 12.7. The second-order valence-electron chi connectivity index (χ2n) is 9.09. The molecule has 2 heterocycles. The molecule has 1 fully saturated rings. The highest BCUT2D eigenvalue weighted by Gasteiger charge is 2.26. The molecular formula is C29H34FN3O4. The number of terminal acetylenes is 1. The normalized spacial score (nSPS) is 16.1. The van der Waals surface area contributed by atoms with Gasteiger partial charge in [0.25, 0.3) is 0 Å². The zero-order valence-corrected chi connectivity index (χ0v) is 21.2. The number of hydrogen-bond acceptors (Lipinski definition) is 6. The van der Waals surface area contributed by atoms with Crippen LogP contribution in [0.3, 0.4) is 0 Å². The third-order valence-electron chi connectivity index (χ3n) is 6.22. The standard InChI is InChI=1S/C29H34FN3O4/c1-3-16-35-21-24(34)18-32(19-26-11-8-17-36-26)20-27-28(4-2)31-33(23-9-6-5-7-10-23)29(27)37-25-14-12-22(30)13-15-25/h1,5-7,9-10,12-15,24,26,34H,4,8,11,16-21H2,2H3/t24-,26+/m0/s1. The van der Waals surface area contributed by atoms with Crippen LogP contribution >= 0.6 is 0 Å². The summed E-state index contributed by atoms with van der Waals surface area (Å²) in [4.78, 5) is 2.16. The fourth-order valence-electron chi connectivity index (χ4n) is 4.49. The van der Waals surface area contributed by atoms with E-state index in [-0.39, 0.29) is 25.1 Å². The third-order valence-corrected chi connectivity index (χ3v) is 6.22. The third kappa shape index (κ3) is 7.40. The summed E-state index contributed by atoms with van der Waals surface area (Å²) in [6, 6.07) is 15.7. The summed E-state index contributed by atoms with van der Waals surface area (Å²) in [7, 11) is 0. The molecule has 1 aliphatic heterocycles. The summed E-state index contributed by atoms with van der Waals surface area (Å²) in [5.41, 5.74) is 2.65. The first-order chi connectivity index (χ1) is 18.1. The number of hydrogen-bond donors (Lipinski definition) is 1. The molecule has 2 atom stereocenters. The Kier molecular flexibility index (Phi) is 9.69. The number of aryl methyl sites for hydroxylation is 1. The Labute approximate surface area is 217 Å². The molecule has 3 aromatic rings. The van der Waals surface area contributed by atoms with Crippen LogP contribution < -0.4 is 4.74 Å². The molecule has 1 N–H and O–H groups in total. The van der Waals surface area contributed by atoms with Gasteiger partial charge in [-0.25, -0.2) is 9.07 Å². The average molecular weight is 508 g/mol. The summed E-state index contributed by atoms with van der Waals surface area (Å²) in [5.74, 6) is 3.16. The highest BCUT2D eigenvalue weighted by Crippen LogP contribution is 2.32. The van der Waals surface area contributed by atoms with Crippen molar-refractivity contribution < 1.29 is 23.7 Å². The molecule has 196 valence electrons. The highest BCUT2D eigenvalue weighted by atomic mass is 19.1. The van der Waals surface area contributed by atoms with E-state index < -0.39 is 6.10 Å². The van der Waals surface area contributed by atoms with Gasteiger partial charge in [0.1, 0.15) is 18.2 Å². The van der Waals surface area contributed by atoms with Crippen molar-refractivity contribution in [3.8, 4) is 29.7 Å². The lowest BCUT2D eigenvalue weighted by Gasteiger charge is -2.27. The van der Waals surface area contributed by atoms with E-state index in [1.807, 2.05) is 30.3 Å². The SMILES string of the molecule is C#CCOC[C@@H](O)CN(Cc1c(CC)nn(-c2ccccc2)c1Oc1ccc(F)cc1)C[C@H]1CCCO1. The molecular weight excluding hydrogens is 473 g/mol. The molecule has 0 aliphatic carbocycles. The molecule has 0 spiro atoms. The van der Waals surface area contributed by atoms with Crippen LogP contribution in [0, 0.1) is 18.2 Å². The Hall–Kier alpha value is -3.22. The lowest BCUT2D eigenvalue weighted by molar-refractivity contribution is 0.00933. The van der Waals surface area contributed by atoms with Crippen LogP contribution in [0.15, 0.2) is 54.6 Å². The fraction of sp³-hybridized carbons (Fsp3) is 0.414. The van der Waals surface area contributed by atoms with Gasteiger partial charge in [0, 0.05) is 26.2 Å². The molecule has 1 aliphatic rings. The van der Waals surface area contributed by atoms with Gasteiger partial charge in [0.2, 0.25) is 5.88 Å². The van der Waals surface area contributed by atoms with Crippen molar-refractivity contribution in [2.45, 2.75) is 44.9 Å². The number of aromatic nitrogens is 2. The average Bonchev–Trinajstić information content (AvgIpc) is 3.54. The smallest absolute Gasteiger partial charge is 0.227 e. The Morgan fingerprint density at radius 3 is 2.70 bits per heavy atom. The van der Waals surface area contributed by atoms with Crippen LogP contribution in [-0.2, 0) is 22.4 Å². The van der Waals surface area contributed by atoms with E-state index in [0.717, 1.165) is 36.4 Å². The van der Waals surface area contributed by atoms with E-state index in [0.29, 0.717) is 37.7 Å². The molecule has 2 aromatic carbocycles. The van der Waals surface area contributed by atoms with E-state index in [1.165, 1.54) is 12.1 Å². The lowest BCUT2D eigenvalue weighted by Crippen LogP contribution is -2.39. The maximum Gasteiger partial charge on any atom is 0.227 e. The summed E-state index contributed by atoms with van der Waals surface area (Å²) in [6.07, 6.45) is 7.34. The maximum absolute atomic E-state index is 13.6. The second kappa shape index (κ2) is 13.4. The lowest BCUT2D eigenvalue weighted by atomic mass is 10.1. The molecule has 4 rings (SSSR count). The Morgan fingerprint density at radius 2 is 2.03 bits per heavy atom. The van der Waals surface area contributed by atoms with Gasteiger partial charge in [0.15, 0.2) is 0 Å². The van der Waals surface area contributed by atoms with Crippen molar-refractivity contribution in [1.82, 2.24) is 14.7 Å². The first kappa shape index (κ1) is 26.8. The van der Waals surface area contributed by atoms with Gasteiger partial charge < -0.3 is 19.3 Å². The summed E-state index contributed by atoms with van der Waals surface area (Å²) >= 11 is 0. The molecule has 8 heteroatoms. The molecule has 37 heavy (non-hydrogen) atoms. The van der Waals surface area contributed by atoms with Crippen LogP contribution in [0.5, 0.6) is 11.6 Å². The quantitative estimate of drug-likeness (QED) is 0.274. The van der Waals surface area contributed by atoms with Crippen LogP contribution in [-0.4, -0.2) is 64.9 Å². The van der Waals surface area contributed by atoms with Crippen molar-refractivity contribution >= 4 is 0 Å². The zero-order chi connectivity index (χ0) is 26.0. The van der Waals surface area contributed by atoms with Gasteiger partial charge in [-0.15, -0.1) is 6.42 Å². The second-order valence-corrected chi connectivity index (χ2v) is 9.09. The minimum absolute atomic E-state index is 0.0922. The van der Waals surface area contributed by atoms with E-state index in [4.69, 9.17) is 25.7 Å². The Bertz CT molecular complexity index is 1150. The Balaban J connectivity index is 1.67. The molecule has 7 nitrogen and oxygen atoms in total. The molecule has 0 unspecified atom stereocenters. The predicted octanol–water partition coefficient (Wildman–Crippen LogP) is 4.36. The predicted molar refractivity (Wildman–Crippen MR) is 139 cm³/mol. The van der Waals surface area contributed by atoms with Gasteiger partial charge in [-0.05, 0) is 55.7 Å². The van der Waals surface area contributed by atoms with Gasteiger partial charge in [-0.2, -0.15) is 5.10 Å². The number of ether oxygens (including phenoxy) is 3. The molecule has 0 amide bonds. The molecule has 0 bridgehead atoms. The number of para-hydroxylation sites is 1. The van der Waals surface area contributed by atoms with Gasteiger partial charge >= 0.3 is 0 Å². The fourth-order valence-corrected chi connectivity index (χ4v) is 4.49. The molecule has 1 aromatic heterocycles. The Morgan fingerprint density at radius 1 is 1.24 bits per heavy atom.